The first-order valence-corrected chi connectivity index (χ1v) is 6.46. The van der Waals surface area contributed by atoms with Gasteiger partial charge in [-0.2, -0.15) is 0 Å². The van der Waals surface area contributed by atoms with Gasteiger partial charge < -0.3 is 10.8 Å². The second kappa shape index (κ2) is 5.67. The molecule has 3 heteroatoms. The summed E-state index contributed by atoms with van der Waals surface area (Å²) in [4.78, 5) is 11.5. The smallest absolute Gasteiger partial charge is 0.311 e. The van der Waals surface area contributed by atoms with Crippen molar-refractivity contribution in [2.24, 2.45) is 23.0 Å². The number of carboxylic acids is 1. The molecule has 94 valence electrons. The summed E-state index contributed by atoms with van der Waals surface area (Å²) in [6, 6.07) is 0. The van der Waals surface area contributed by atoms with Crippen molar-refractivity contribution in [2.75, 3.05) is 6.54 Å². The van der Waals surface area contributed by atoms with Gasteiger partial charge in [0.15, 0.2) is 0 Å². The number of rotatable bonds is 5. The molecule has 16 heavy (non-hydrogen) atoms. The Bertz CT molecular complexity index is 234. The lowest BCUT2D eigenvalue weighted by Gasteiger charge is -2.36. The van der Waals surface area contributed by atoms with Gasteiger partial charge in [0.1, 0.15) is 0 Å². The second-order valence-electron chi connectivity index (χ2n) is 5.53. The Morgan fingerprint density at radius 3 is 2.31 bits per heavy atom. The highest BCUT2D eigenvalue weighted by molar-refractivity contribution is 5.75. The standard InChI is InChI=1S/C13H25NO2/c1-10(2)13(9-14,12(15)16)8-11-6-4-3-5-7-11/h10-11H,3-9,14H2,1-2H3,(H,15,16). The zero-order valence-corrected chi connectivity index (χ0v) is 10.5. The van der Waals surface area contributed by atoms with E-state index in [1.165, 1.54) is 32.1 Å². The van der Waals surface area contributed by atoms with E-state index in [1.54, 1.807) is 0 Å². The van der Waals surface area contributed by atoms with Gasteiger partial charge in [-0.25, -0.2) is 0 Å². The molecule has 0 amide bonds. The maximum absolute atomic E-state index is 11.5. The molecule has 1 atom stereocenters. The maximum atomic E-state index is 11.5. The Labute approximate surface area is 98.4 Å². The molecule has 1 rings (SSSR count). The third kappa shape index (κ3) is 2.76. The largest absolute Gasteiger partial charge is 0.481 e. The van der Waals surface area contributed by atoms with E-state index in [0.717, 1.165) is 6.42 Å². The molecule has 0 aliphatic heterocycles. The molecule has 0 bridgehead atoms. The summed E-state index contributed by atoms with van der Waals surface area (Å²) in [5, 5.41) is 9.44. The van der Waals surface area contributed by atoms with Crippen LogP contribution in [-0.4, -0.2) is 17.6 Å². The van der Waals surface area contributed by atoms with Crippen molar-refractivity contribution < 1.29 is 9.90 Å². The number of nitrogens with two attached hydrogens (primary N) is 1. The third-order valence-electron chi connectivity index (χ3n) is 4.27. The van der Waals surface area contributed by atoms with Gasteiger partial charge in [0, 0.05) is 6.54 Å². The molecule has 3 nitrogen and oxygen atoms in total. The van der Waals surface area contributed by atoms with Crippen LogP contribution in [0.1, 0.15) is 52.4 Å². The quantitative estimate of drug-likeness (QED) is 0.759. The summed E-state index contributed by atoms with van der Waals surface area (Å²) in [5.41, 5.74) is 5.04. The zero-order valence-electron chi connectivity index (χ0n) is 10.5. The van der Waals surface area contributed by atoms with E-state index >= 15 is 0 Å². The SMILES string of the molecule is CC(C)C(CN)(CC1CCCCC1)C(=O)O. The zero-order chi connectivity index (χ0) is 12.2. The van der Waals surface area contributed by atoms with E-state index < -0.39 is 11.4 Å². The molecule has 1 saturated carbocycles. The van der Waals surface area contributed by atoms with Crippen LogP contribution in [0.3, 0.4) is 0 Å². The van der Waals surface area contributed by atoms with Gasteiger partial charge in [-0.05, 0) is 18.3 Å². The lowest BCUT2D eigenvalue weighted by atomic mass is 9.68. The summed E-state index contributed by atoms with van der Waals surface area (Å²) in [5.74, 6) is -0.0386. The van der Waals surface area contributed by atoms with E-state index in [2.05, 4.69) is 0 Å². The Morgan fingerprint density at radius 2 is 1.94 bits per heavy atom. The normalized spacial score (nSPS) is 22.0. The molecule has 3 N–H and O–H groups in total. The van der Waals surface area contributed by atoms with Crippen LogP contribution in [0.2, 0.25) is 0 Å². The Hall–Kier alpha value is -0.570. The molecule has 1 aliphatic carbocycles. The van der Waals surface area contributed by atoms with Crippen LogP contribution in [0, 0.1) is 17.3 Å². The van der Waals surface area contributed by atoms with Crippen LogP contribution >= 0.6 is 0 Å². The molecule has 0 aromatic heterocycles. The number of carboxylic acid groups (broad SMARTS) is 1. The summed E-state index contributed by atoms with van der Waals surface area (Å²) in [6.45, 7) is 4.21. The Morgan fingerprint density at radius 1 is 1.38 bits per heavy atom. The van der Waals surface area contributed by atoms with E-state index in [0.29, 0.717) is 5.92 Å². The van der Waals surface area contributed by atoms with Gasteiger partial charge in [0.2, 0.25) is 0 Å². The van der Waals surface area contributed by atoms with Gasteiger partial charge in [0.05, 0.1) is 5.41 Å². The Kier molecular flexibility index (Phi) is 4.78. The fourth-order valence-corrected chi connectivity index (χ4v) is 2.88. The average Bonchev–Trinajstić information content (AvgIpc) is 2.26. The van der Waals surface area contributed by atoms with E-state index in [1.807, 2.05) is 13.8 Å². The maximum Gasteiger partial charge on any atom is 0.311 e. The van der Waals surface area contributed by atoms with Crippen molar-refractivity contribution in [3.8, 4) is 0 Å². The van der Waals surface area contributed by atoms with Crippen LogP contribution in [-0.2, 0) is 4.79 Å². The van der Waals surface area contributed by atoms with Gasteiger partial charge in [-0.1, -0.05) is 46.0 Å². The Balaban J connectivity index is 2.72. The molecule has 1 unspecified atom stereocenters. The van der Waals surface area contributed by atoms with Crippen molar-refractivity contribution >= 4 is 5.97 Å². The summed E-state index contributed by atoms with van der Waals surface area (Å²) in [7, 11) is 0. The lowest BCUT2D eigenvalue weighted by Crippen LogP contribution is -2.44. The summed E-state index contributed by atoms with van der Waals surface area (Å²) in [6.07, 6.45) is 6.94. The van der Waals surface area contributed by atoms with Crippen LogP contribution in [0.15, 0.2) is 0 Å². The lowest BCUT2D eigenvalue weighted by molar-refractivity contribution is -0.152. The predicted molar refractivity (Wildman–Crippen MR) is 65.2 cm³/mol. The minimum atomic E-state index is -0.712. The highest BCUT2D eigenvalue weighted by atomic mass is 16.4. The highest BCUT2D eigenvalue weighted by Gasteiger charge is 2.42. The van der Waals surface area contributed by atoms with E-state index in [4.69, 9.17) is 5.73 Å². The molecule has 0 heterocycles. The fraction of sp³-hybridized carbons (Fsp3) is 0.923. The summed E-state index contributed by atoms with van der Waals surface area (Å²) >= 11 is 0. The minimum Gasteiger partial charge on any atom is -0.481 e. The average molecular weight is 227 g/mol. The van der Waals surface area contributed by atoms with Crippen molar-refractivity contribution in [1.82, 2.24) is 0 Å². The van der Waals surface area contributed by atoms with E-state index in [9.17, 15) is 9.90 Å². The first kappa shape index (κ1) is 13.5. The number of hydrogen-bond donors (Lipinski definition) is 2. The molecule has 0 aromatic carbocycles. The first-order valence-electron chi connectivity index (χ1n) is 6.46. The van der Waals surface area contributed by atoms with Crippen molar-refractivity contribution in [3.63, 3.8) is 0 Å². The number of carbonyl (C=O) groups is 1. The molecule has 1 fully saturated rings. The minimum absolute atomic E-state index is 0.108. The molecule has 0 aromatic rings. The molecule has 1 aliphatic rings. The van der Waals surface area contributed by atoms with Crippen LogP contribution in [0.5, 0.6) is 0 Å². The second-order valence-corrected chi connectivity index (χ2v) is 5.53. The predicted octanol–water partition coefficient (Wildman–Crippen LogP) is 2.64. The van der Waals surface area contributed by atoms with Crippen LogP contribution < -0.4 is 5.73 Å². The van der Waals surface area contributed by atoms with Crippen LogP contribution in [0.25, 0.3) is 0 Å². The van der Waals surface area contributed by atoms with Gasteiger partial charge in [-0.3, -0.25) is 4.79 Å². The first-order chi connectivity index (χ1) is 7.53. The molecule has 0 saturated heterocycles. The summed E-state index contributed by atoms with van der Waals surface area (Å²) < 4.78 is 0. The number of hydrogen-bond acceptors (Lipinski definition) is 2. The van der Waals surface area contributed by atoms with E-state index in [-0.39, 0.29) is 12.5 Å². The fourth-order valence-electron chi connectivity index (χ4n) is 2.88. The number of aliphatic carboxylic acids is 1. The highest BCUT2D eigenvalue weighted by Crippen LogP contribution is 2.39. The van der Waals surface area contributed by atoms with Gasteiger partial charge in [-0.15, -0.1) is 0 Å². The van der Waals surface area contributed by atoms with Gasteiger partial charge in [0.25, 0.3) is 0 Å². The molecular formula is C13H25NO2. The topological polar surface area (TPSA) is 63.3 Å². The monoisotopic (exact) mass is 227 g/mol. The molecular weight excluding hydrogens is 202 g/mol. The molecule has 0 spiro atoms. The van der Waals surface area contributed by atoms with Crippen molar-refractivity contribution in [2.45, 2.75) is 52.4 Å². The van der Waals surface area contributed by atoms with Crippen molar-refractivity contribution in [3.05, 3.63) is 0 Å². The molecule has 0 radical (unpaired) electrons. The van der Waals surface area contributed by atoms with Gasteiger partial charge >= 0.3 is 5.97 Å². The third-order valence-corrected chi connectivity index (χ3v) is 4.27. The van der Waals surface area contributed by atoms with Crippen LogP contribution in [0.4, 0.5) is 0 Å². The van der Waals surface area contributed by atoms with Crippen molar-refractivity contribution in [1.29, 1.82) is 0 Å².